The summed E-state index contributed by atoms with van der Waals surface area (Å²) >= 11 is 0. The summed E-state index contributed by atoms with van der Waals surface area (Å²) < 4.78 is 2.05. The SMILES string of the molecule is CC(C)C(=O)c1cncn1C1CCC1. The van der Waals surface area contributed by atoms with Crippen molar-refractivity contribution in [2.24, 2.45) is 5.92 Å². The number of aromatic nitrogens is 2. The van der Waals surface area contributed by atoms with Crippen LogP contribution < -0.4 is 0 Å². The zero-order valence-electron chi connectivity index (χ0n) is 8.73. The third-order valence-electron chi connectivity index (χ3n) is 2.91. The Morgan fingerprint density at radius 2 is 2.29 bits per heavy atom. The number of carbonyl (C=O) groups is 1. The third-order valence-corrected chi connectivity index (χ3v) is 2.91. The minimum atomic E-state index is 0.0607. The molecule has 0 N–H and O–H groups in total. The maximum absolute atomic E-state index is 11.8. The largest absolute Gasteiger partial charge is 0.325 e. The van der Waals surface area contributed by atoms with Gasteiger partial charge in [-0.15, -0.1) is 0 Å². The second kappa shape index (κ2) is 3.56. The number of imidazole rings is 1. The van der Waals surface area contributed by atoms with E-state index in [1.807, 2.05) is 18.4 Å². The summed E-state index contributed by atoms with van der Waals surface area (Å²) in [6.45, 7) is 3.86. The molecule has 1 aromatic heterocycles. The first kappa shape index (κ1) is 9.44. The molecule has 0 aromatic carbocycles. The predicted molar refractivity (Wildman–Crippen MR) is 54.3 cm³/mol. The van der Waals surface area contributed by atoms with Gasteiger partial charge in [0, 0.05) is 12.0 Å². The highest BCUT2D eigenvalue weighted by molar-refractivity contribution is 5.95. The average Bonchev–Trinajstić information content (AvgIpc) is 2.48. The second-order valence-corrected chi connectivity index (χ2v) is 4.29. The van der Waals surface area contributed by atoms with Crippen molar-refractivity contribution in [3.05, 3.63) is 18.2 Å². The number of hydrogen-bond donors (Lipinski definition) is 0. The van der Waals surface area contributed by atoms with Gasteiger partial charge in [-0.3, -0.25) is 4.79 Å². The van der Waals surface area contributed by atoms with Crippen LogP contribution in [0.25, 0.3) is 0 Å². The molecule has 0 radical (unpaired) electrons. The zero-order valence-corrected chi connectivity index (χ0v) is 8.73. The normalized spacial score (nSPS) is 17.1. The lowest BCUT2D eigenvalue weighted by atomic mass is 9.92. The number of ketones is 1. The highest BCUT2D eigenvalue weighted by Gasteiger charge is 2.24. The molecule has 1 heterocycles. The van der Waals surface area contributed by atoms with Crippen LogP contribution >= 0.6 is 0 Å². The lowest BCUT2D eigenvalue weighted by Crippen LogP contribution is -2.22. The molecule has 0 unspecified atom stereocenters. The first-order valence-corrected chi connectivity index (χ1v) is 5.26. The Bertz CT molecular complexity index is 337. The van der Waals surface area contributed by atoms with E-state index in [-0.39, 0.29) is 11.7 Å². The van der Waals surface area contributed by atoms with E-state index in [2.05, 4.69) is 4.98 Å². The average molecular weight is 192 g/mol. The molecule has 1 aliphatic carbocycles. The monoisotopic (exact) mass is 192 g/mol. The van der Waals surface area contributed by atoms with E-state index in [4.69, 9.17) is 0 Å². The Hall–Kier alpha value is -1.12. The number of nitrogens with zero attached hydrogens (tertiary/aromatic N) is 2. The fourth-order valence-corrected chi connectivity index (χ4v) is 1.75. The molecule has 3 heteroatoms. The molecule has 1 aromatic rings. The lowest BCUT2D eigenvalue weighted by molar-refractivity contribution is 0.0924. The van der Waals surface area contributed by atoms with E-state index in [9.17, 15) is 4.79 Å². The molecule has 14 heavy (non-hydrogen) atoms. The molecular weight excluding hydrogens is 176 g/mol. The third kappa shape index (κ3) is 1.47. The highest BCUT2D eigenvalue weighted by atomic mass is 16.1. The molecule has 0 amide bonds. The van der Waals surface area contributed by atoms with Crippen molar-refractivity contribution in [2.75, 3.05) is 0 Å². The van der Waals surface area contributed by atoms with E-state index >= 15 is 0 Å². The lowest BCUT2D eigenvalue weighted by Gasteiger charge is -2.28. The smallest absolute Gasteiger partial charge is 0.183 e. The van der Waals surface area contributed by atoms with Gasteiger partial charge in [-0.1, -0.05) is 13.8 Å². The zero-order chi connectivity index (χ0) is 10.1. The Morgan fingerprint density at radius 3 is 2.79 bits per heavy atom. The van der Waals surface area contributed by atoms with Gasteiger partial charge in [0.2, 0.25) is 0 Å². The van der Waals surface area contributed by atoms with Gasteiger partial charge in [-0.05, 0) is 19.3 Å². The van der Waals surface area contributed by atoms with Gasteiger partial charge in [0.25, 0.3) is 0 Å². The Kier molecular flexibility index (Phi) is 2.40. The fraction of sp³-hybridized carbons (Fsp3) is 0.636. The summed E-state index contributed by atoms with van der Waals surface area (Å²) in [4.78, 5) is 15.9. The van der Waals surface area contributed by atoms with E-state index < -0.39 is 0 Å². The molecule has 0 saturated heterocycles. The van der Waals surface area contributed by atoms with Crippen molar-refractivity contribution in [1.82, 2.24) is 9.55 Å². The first-order chi connectivity index (χ1) is 6.70. The molecule has 0 bridgehead atoms. The topological polar surface area (TPSA) is 34.9 Å². The van der Waals surface area contributed by atoms with Crippen molar-refractivity contribution in [1.29, 1.82) is 0 Å². The molecule has 2 rings (SSSR count). The van der Waals surface area contributed by atoms with Crippen molar-refractivity contribution in [2.45, 2.75) is 39.2 Å². The van der Waals surface area contributed by atoms with Crippen LogP contribution in [0.1, 0.15) is 49.6 Å². The number of rotatable bonds is 3. The van der Waals surface area contributed by atoms with Gasteiger partial charge >= 0.3 is 0 Å². The van der Waals surface area contributed by atoms with Gasteiger partial charge in [0.15, 0.2) is 5.78 Å². The molecule has 76 valence electrons. The number of Topliss-reactive ketones (excluding diaryl/α,β-unsaturated/α-hetero) is 1. The minimum Gasteiger partial charge on any atom is -0.325 e. The summed E-state index contributed by atoms with van der Waals surface area (Å²) in [6.07, 6.45) is 7.14. The maximum Gasteiger partial charge on any atom is 0.183 e. The molecule has 0 aliphatic heterocycles. The summed E-state index contributed by atoms with van der Waals surface area (Å²) in [5.41, 5.74) is 0.782. The molecule has 1 fully saturated rings. The van der Waals surface area contributed by atoms with Crippen LogP contribution in [0.3, 0.4) is 0 Å². The van der Waals surface area contributed by atoms with E-state index in [1.54, 1.807) is 12.5 Å². The molecule has 3 nitrogen and oxygen atoms in total. The van der Waals surface area contributed by atoms with Crippen molar-refractivity contribution < 1.29 is 4.79 Å². The van der Waals surface area contributed by atoms with Crippen molar-refractivity contribution in [3.8, 4) is 0 Å². The number of hydrogen-bond acceptors (Lipinski definition) is 2. The van der Waals surface area contributed by atoms with E-state index in [0.29, 0.717) is 6.04 Å². The van der Waals surface area contributed by atoms with Crippen LogP contribution in [0.15, 0.2) is 12.5 Å². The Balaban J connectivity index is 2.24. The van der Waals surface area contributed by atoms with Gasteiger partial charge in [0.05, 0.1) is 12.5 Å². The quantitative estimate of drug-likeness (QED) is 0.689. The molecule has 0 atom stereocenters. The summed E-state index contributed by atoms with van der Waals surface area (Å²) in [6, 6.07) is 0.523. The van der Waals surface area contributed by atoms with Crippen molar-refractivity contribution in [3.63, 3.8) is 0 Å². The first-order valence-electron chi connectivity index (χ1n) is 5.26. The fourth-order valence-electron chi connectivity index (χ4n) is 1.75. The van der Waals surface area contributed by atoms with Crippen LogP contribution in [-0.2, 0) is 0 Å². The maximum atomic E-state index is 11.8. The highest BCUT2D eigenvalue weighted by Crippen LogP contribution is 2.32. The summed E-state index contributed by atoms with van der Waals surface area (Å²) in [5.74, 6) is 0.264. The summed E-state index contributed by atoms with van der Waals surface area (Å²) in [7, 11) is 0. The standard InChI is InChI=1S/C11H16N2O/c1-8(2)11(14)10-6-12-7-13(10)9-4-3-5-9/h6-9H,3-5H2,1-2H3. The van der Waals surface area contributed by atoms with Gasteiger partial charge in [0.1, 0.15) is 5.69 Å². The predicted octanol–water partition coefficient (Wildman–Crippen LogP) is 2.45. The van der Waals surface area contributed by atoms with Crippen LogP contribution in [-0.4, -0.2) is 15.3 Å². The van der Waals surface area contributed by atoms with Crippen LogP contribution in [0.2, 0.25) is 0 Å². The Morgan fingerprint density at radius 1 is 1.57 bits per heavy atom. The molecule has 1 saturated carbocycles. The molecule has 1 aliphatic rings. The van der Waals surface area contributed by atoms with Crippen LogP contribution in [0, 0.1) is 5.92 Å². The Labute approximate surface area is 84.1 Å². The summed E-state index contributed by atoms with van der Waals surface area (Å²) in [5, 5.41) is 0. The van der Waals surface area contributed by atoms with Gasteiger partial charge in [-0.25, -0.2) is 4.98 Å². The number of carbonyl (C=O) groups excluding carboxylic acids is 1. The van der Waals surface area contributed by atoms with Gasteiger partial charge < -0.3 is 4.57 Å². The second-order valence-electron chi connectivity index (χ2n) is 4.29. The van der Waals surface area contributed by atoms with Gasteiger partial charge in [-0.2, -0.15) is 0 Å². The van der Waals surface area contributed by atoms with Crippen LogP contribution in [0.5, 0.6) is 0 Å². The minimum absolute atomic E-state index is 0.0607. The van der Waals surface area contributed by atoms with Crippen LogP contribution in [0.4, 0.5) is 0 Å². The molecule has 0 spiro atoms. The van der Waals surface area contributed by atoms with E-state index in [1.165, 1.54) is 19.3 Å². The molecular formula is C11H16N2O. The van der Waals surface area contributed by atoms with E-state index in [0.717, 1.165) is 5.69 Å². The van der Waals surface area contributed by atoms with Crippen molar-refractivity contribution >= 4 is 5.78 Å².